The lowest BCUT2D eigenvalue weighted by Crippen LogP contribution is -2.46. The van der Waals surface area contributed by atoms with E-state index in [9.17, 15) is 4.79 Å². The van der Waals surface area contributed by atoms with E-state index in [0.29, 0.717) is 6.42 Å². The molecule has 1 N–H and O–H groups in total. The normalized spacial score (nSPS) is 14.6. The van der Waals surface area contributed by atoms with E-state index in [1.54, 1.807) is 23.7 Å². The molecule has 21 heavy (non-hydrogen) atoms. The number of nitrogens with zero attached hydrogens (tertiary/aromatic N) is 3. The fourth-order valence-electron chi connectivity index (χ4n) is 2.19. The number of carbonyl (C=O) groups is 1. The minimum absolute atomic E-state index is 0. The van der Waals surface area contributed by atoms with Gasteiger partial charge in [-0.1, -0.05) is 0 Å². The Hall–Kier alpha value is -1.50. The number of piperazine rings is 1. The maximum absolute atomic E-state index is 12.2. The van der Waals surface area contributed by atoms with Crippen molar-refractivity contribution >= 4 is 29.7 Å². The van der Waals surface area contributed by atoms with Crippen molar-refractivity contribution in [3.63, 3.8) is 0 Å². The SMILES string of the molecule is Cl.O=C(Cc1csc(-c2cccnc2)n1)N1CCNCC1. The van der Waals surface area contributed by atoms with Gasteiger partial charge in [0.05, 0.1) is 12.1 Å². The van der Waals surface area contributed by atoms with Crippen LogP contribution in [0.3, 0.4) is 0 Å². The number of halogens is 1. The van der Waals surface area contributed by atoms with Crippen molar-refractivity contribution < 1.29 is 4.79 Å². The second-order valence-electron chi connectivity index (χ2n) is 4.69. The third-order valence-corrected chi connectivity index (χ3v) is 4.20. The Labute approximate surface area is 133 Å². The third kappa shape index (κ3) is 4.00. The van der Waals surface area contributed by atoms with E-state index in [-0.39, 0.29) is 18.3 Å². The van der Waals surface area contributed by atoms with E-state index in [2.05, 4.69) is 15.3 Å². The number of hydrogen-bond donors (Lipinski definition) is 1. The summed E-state index contributed by atoms with van der Waals surface area (Å²) in [4.78, 5) is 22.7. The number of hydrogen-bond acceptors (Lipinski definition) is 5. The highest BCUT2D eigenvalue weighted by molar-refractivity contribution is 7.13. The number of aromatic nitrogens is 2. The molecule has 0 aliphatic carbocycles. The summed E-state index contributed by atoms with van der Waals surface area (Å²) in [5, 5.41) is 6.12. The van der Waals surface area contributed by atoms with Crippen molar-refractivity contribution in [3.8, 4) is 10.6 Å². The monoisotopic (exact) mass is 324 g/mol. The summed E-state index contributed by atoms with van der Waals surface area (Å²) in [6, 6.07) is 3.87. The predicted octanol–water partition coefficient (Wildman–Crippen LogP) is 1.60. The molecule has 2 aromatic heterocycles. The smallest absolute Gasteiger partial charge is 0.228 e. The van der Waals surface area contributed by atoms with Crippen molar-refractivity contribution in [2.45, 2.75) is 6.42 Å². The lowest BCUT2D eigenvalue weighted by molar-refractivity contribution is -0.131. The van der Waals surface area contributed by atoms with Crippen LogP contribution in [0.4, 0.5) is 0 Å². The summed E-state index contributed by atoms with van der Waals surface area (Å²) < 4.78 is 0. The van der Waals surface area contributed by atoms with Gasteiger partial charge in [-0.3, -0.25) is 9.78 Å². The quantitative estimate of drug-likeness (QED) is 0.931. The van der Waals surface area contributed by atoms with Crippen LogP contribution in [0, 0.1) is 0 Å². The lowest BCUT2D eigenvalue weighted by atomic mass is 10.2. The number of thiazole rings is 1. The zero-order chi connectivity index (χ0) is 13.8. The van der Waals surface area contributed by atoms with Crippen molar-refractivity contribution in [2.24, 2.45) is 0 Å². The topological polar surface area (TPSA) is 58.1 Å². The first kappa shape index (κ1) is 15.9. The molecule has 0 atom stereocenters. The molecule has 0 unspecified atom stereocenters. The van der Waals surface area contributed by atoms with Crippen LogP contribution in [-0.2, 0) is 11.2 Å². The Balaban J connectivity index is 0.00000161. The molecule has 1 amide bonds. The Kier molecular flexibility index (Phi) is 5.67. The van der Waals surface area contributed by atoms with E-state index in [1.807, 2.05) is 22.4 Å². The standard InChI is InChI=1S/C14H16N4OS.ClH/c19-13(18-6-4-15-5-7-18)8-12-10-20-14(17-12)11-2-1-3-16-9-11;/h1-3,9-10,15H,4-8H2;1H. The van der Waals surface area contributed by atoms with Crippen molar-refractivity contribution in [1.29, 1.82) is 0 Å². The molecular weight excluding hydrogens is 308 g/mol. The van der Waals surface area contributed by atoms with Crippen molar-refractivity contribution in [1.82, 2.24) is 20.2 Å². The molecule has 112 valence electrons. The van der Waals surface area contributed by atoms with Crippen LogP contribution >= 0.6 is 23.7 Å². The molecule has 7 heteroatoms. The van der Waals surface area contributed by atoms with Crippen LogP contribution < -0.4 is 5.32 Å². The molecule has 0 aromatic carbocycles. The van der Waals surface area contributed by atoms with Crippen LogP contribution in [0.25, 0.3) is 10.6 Å². The van der Waals surface area contributed by atoms with Gasteiger partial charge in [0.1, 0.15) is 5.01 Å². The second kappa shape index (κ2) is 7.49. The van der Waals surface area contributed by atoms with Gasteiger partial charge in [-0.2, -0.15) is 0 Å². The van der Waals surface area contributed by atoms with Crippen LogP contribution in [0.1, 0.15) is 5.69 Å². The molecule has 0 bridgehead atoms. The fraction of sp³-hybridized carbons (Fsp3) is 0.357. The van der Waals surface area contributed by atoms with Crippen LogP contribution in [-0.4, -0.2) is 47.0 Å². The Morgan fingerprint density at radius 2 is 2.19 bits per heavy atom. The summed E-state index contributed by atoms with van der Waals surface area (Å²) in [6.45, 7) is 3.34. The summed E-state index contributed by atoms with van der Waals surface area (Å²) in [7, 11) is 0. The molecule has 2 aromatic rings. The Morgan fingerprint density at radius 1 is 1.38 bits per heavy atom. The number of rotatable bonds is 3. The molecule has 1 fully saturated rings. The highest BCUT2D eigenvalue weighted by Crippen LogP contribution is 2.23. The minimum Gasteiger partial charge on any atom is -0.340 e. The van der Waals surface area contributed by atoms with Crippen LogP contribution in [0.2, 0.25) is 0 Å². The van der Waals surface area contributed by atoms with Gasteiger partial charge >= 0.3 is 0 Å². The maximum Gasteiger partial charge on any atom is 0.228 e. The number of pyridine rings is 1. The fourth-order valence-corrected chi connectivity index (χ4v) is 3.00. The maximum atomic E-state index is 12.2. The zero-order valence-electron chi connectivity index (χ0n) is 11.5. The molecule has 3 rings (SSSR count). The van der Waals surface area contributed by atoms with E-state index < -0.39 is 0 Å². The zero-order valence-corrected chi connectivity index (χ0v) is 13.1. The van der Waals surface area contributed by atoms with Gasteiger partial charge in [0, 0.05) is 49.5 Å². The lowest BCUT2D eigenvalue weighted by Gasteiger charge is -2.27. The second-order valence-corrected chi connectivity index (χ2v) is 5.55. The van der Waals surface area contributed by atoms with Crippen LogP contribution in [0.5, 0.6) is 0 Å². The first-order valence-corrected chi connectivity index (χ1v) is 7.54. The van der Waals surface area contributed by atoms with Gasteiger partial charge in [-0.25, -0.2) is 4.98 Å². The summed E-state index contributed by atoms with van der Waals surface area (Å²) in [5.74, 6) is 0.162. The predicted molar refractivity (Wildman–Crippen MR) is 85.7 cm³/mol. The Morgan fingerprint density at radius 3 is 2.90 bits per heavy atom. The van der Waals surface area contributed by atoms with E-state index in [4.69, 9.17) is 0 Å². The number of amides is 1. The highest BCUT2D eigenvalue weighted by atomic mass is 35.5. The molecule has 3 heterocycles. The van der Waals surface area contributed by atoms with E-state index in [1.165, 1.54) is 0 Å². The molecule has 1 aliphatic heterocycles. The average Bonchev–Trinajstić information content (AvgIpc) is 2.97. The summed E-state index contributed by atoms with van der Waals surface area (Å²) in [5.41, 5.74) is 1.84. The molecule has 1 saturated heterocycles. The van der Waals surface area contributed by atoms with E-state index in [0.717, 1.165) is 42.4 Å². The number of carbonyl (C=O) groups excluding carboxylic acids is 1. The molecule has 1 aliphatic rings. The highest BCUT2D eigenvalue weighted by Gasteiger charge is 2.17. The van der Waals surface area contributed by atoms with Gasteiger partial charge in [-0.05, 0) is 12.1 Å². The average molecular weight is 325 g/mol. The molecule has 0 radical (unpaired) electrons. The molecular formula is C14H17ClN4OS. The Bertz CT molecular complexity index is 584. The minimum atomic E-state index is 0. The summed E-state index contributed by atoms with van der Waals surface area (Å²) >= 11 is 1.56. The summed E-state index contributed by atoms with van der Waals surface area (Å²) in [6.07, 6.45) is 3.92. The van der Waals surface area contributed by atoms with Crippen LogP contribution in [0.15, 0.2) is 29.9 Å². The van der Waals surface area contributed by atoms with Crippen molar-refractivity contribution in [2.75, 3.05) is 26.2 Å². The first-order valence-electron chi connectivity index (χ1n) is 6.66. The molecule has 0 saturated carbocycles. The van der Waals surface area contributed by atoms with Gasteiger partial charge in [0.25, 0.3) is 0 Å². The van der Waals surface area contributed by atoms with Gasteiger partial charge in [0.15, 0.2) is 0 Å². The largest absolute Gasteiger partial charge is 0.340 e. The van der Waals surface area contributed by atoms with Crippen molar-refractivity contribution in [3.05, 3.63) is 35.6 Å². The van der Waals surface area contributed by atoms with E-state index >= 15 is 0 Å². The van der Waals surface area contributed by atoms with Gasteiger partial charge in [0.2, 0.25) is 5.91 Å². The van der Waals surface area contributed by atoms with Gasteiger partial charge in [-0.15, -0.1) is 23.7 Å². The first-order chi connectivity index (χ1) is 9.83. The number of nitrogens with one attached hydrogen (secondary N) is 1. The van der Waals surface area contributed by atoms with Gasteiger partial charge < -0.3 is 10.2 Å². The molecule has 5 nitrogen and oxygen atoms in total. The molecule has 0 spiro atoms. The third-order valence-electron chi connectivity index (χ3n) is 3.26.